The van der Waals surface area contributed by atoms with Crippen LogP contribution >= 0.6 is 11.6 Å². The Morgan fingerprint density at radius 1 is 1.14 bits per heavy atom. The minimum atomic E-state index is -4.04. The molecule has 2 aromatic carbocycles. The molecule has 0 radical (unpaired) electrons. The second-order valence-electron chi connectivity index (χ2n) is 8.54. The van der Waals surface area contributed by atoms with Crippen LogP contribution in [0, 0.1) is 0 Å². The maximum Gasteiger partial charge on any atom is 0.305 e. The van der Waals surface area contributed by atoms with Crippen LogP contribution in [0.3, 0.4) is 0 Å². The summed E-state index contributed by atoms with van der Waals surface area (Å²) >= 11 is 6.05. The molecule has 12 heteroatoms. The Balaban J connectivity index is 1.71. The first-order valence-corrected chi connectivity index (χ1v) is 13.4. The number of carbonyl (C=O) groups excluding carboxylic acids is 2. The number of likely N-dealkylation sites (tertiary alicyclic amines) is 1. The van der Waals surface area contributed by atoms with Gasteiger partial charge in [0, 0.05) is 24.7 Å². The van der Waals surface area contributed by atoms with Crippen molar-refractivity contribution in [3.05, 3.63) is 70.2 Å². The van der Waals surface area contributed by atoms with Gasteiger partial charge in [-0.1, -0.05) is 48.0 Å². The predicted molar refractivity (Wildman–Crippen MR) is 134 cm³/mol. The number of carboxylic acids is 1. The Morgan fingerprint density at radius 2 is 1.86 bits per heavy atom. The van der Waals surface area contributed by atoms with Gasteiger partial charge < -0.3 is 21.1 Å². The fourth-order valence-corrected chi connectivity index (χ4v) is 5.69. The van der Waals surface area contributed by atoms with Crippen LogP contribution in [-0.4, -0.2) is 54.8 Å². The van der Waals surface area contributed by atoms with Gasteiger partial charge in [0.2, 0.25) is 21.8 Å². The summed E-state index contributed by atoms with van der Waals surface area (Å²) in [4.78, 5) is 38.9. The minimum Gasteiger partial charge on any atom is -0.481 e. The highest BCUT2D eigenvalue weighted by molar-refractivity contribution is 7.88. The Bertz CT molecular complexity index is 1210. The lowest BCUT2D eigenvalue weighted by atomic mass is 10.1. The highest BCUT2D eigenvalue weighted by Crippen LogP contribution is 2.21. The van der Waals surface area contributed by atoms with Crippen molar-refractivity contribution in [1.82, 2.24) is 14.9 Å². The first kappa shape index (κ1) is 27.6. The zero-order chi connectivity index (χ0) is 26.3. The number of nitrogens with zero attached hydrogens (tertiary/aromatic N) is 1. The Morgan fingerprint density at radius 3 is 2.53 bits per heavy atom. The fraction of sp³-hybridized carbons (Fsp3) is 0.375. The van der Waals surface area contributed by atoms with E-state index in [9.17, 15) is 27.9 Å². The monoisotopic (exact) mass is 536 g/mol. The van der Waals surface area contributed by atoms with E-state index >= 15 is 0 Å². The number of hydrogen-bond acceptors (Lipinski definition) is 6. The van der Waals surface area contributed by atoms with Gasteiger partial charge in [0.15, 0.2) is 0 Å². The maximum absolute atomic E-state index is 13.3. The smallest absolute Gasteiger partial charge is 0.305 e. The molecule has 2 atom stereocenters. The van der Waals surface area contributed by atoms with E-state index in [1.165, 1.54) is 4.90 Å². The predicted octanol–water partition coefficient (Wildman–Crippen LogP) is 1.37. The van der Waals surface area contributed by atoms with Gasteiger partial charge >= 0.3 is 5.97 Å². The molecule has 0 aromatic heterocycles. The quantitative estimate of drug-likeness (QED) is 0.337. The molecular formula is C24H29ClN4O6S. The number of aliphatic carboxylic acids is 1. The van der Waals surface area contributed by atoms with Gasteiger partial charge in [-0.05, 0) is 41.7 Å². The molecule has 0 unspecified atom stereocenters. The Hall–Kier alpha value is -2.99. The highest BCUT2D eigenvalue weighted by atomic mass is 35.5. The van der Waals surface area contributed by atoms with Gasteiger partial charge in [0.25, 0.3) is 0 Å². The van der Waals surface area contributed by atoms with Crippen molar-refractivity contribution in [3.8, 4) is 0 Å². The molecule has 0 bridgehead atoms. The molecule has 0 aliphatic carbocycles. The molecule has 1 saturated heterocycles. The molecule has 1 fully saturated rings. The molecule has 0 saturated carbocycles. The van der Waals surface area contributed by atoms with Crippen molar-refractivity contribution in [2.45, 2.75) is 50.2 Å². The molecule has 194 valence electrons. The number of hydrogen-bond donors (Lipinski definition) is 4. The van der Waals surface area contributed by atoms with Crippen LogP contribution in [0.5, 0.6) is 0 Å². The summed E-state index contributed by atoms with van der Waals surface area (Å²) in [6.07, 6.45) is 0.138. The van der Waals surface area contributed by atoms with Crippen molar-refractivity contribution >= 4 is 39.4 Å². The first-order chi connectivity index (χ1) is 17.1. The topological polar surface area (TPSA) is 159 Å². The van der Waals surface area contributed by atoms with Gasteiger partial charge in [-0.3, -0.25) is 14.4 Å². The number of benzene rings is 2. The molecule has 1 aliphatic heterocycles. The van der Waals surface area contributed by atoms with Crippen LogP contribution in [-0.2, 0) is 43.2 Å². The van der Waals surface area contributed by atoms with Gasteiger partial charge in [-0.2, -0.15) is 0 Å². The van der Waals surface area contributed by atoms with Gasteiger partial charge in [0.1, 0.15) is 12.1 Å². The molecular weight excluding hydrogens is 508 g/mol. The van der Waals surface area contributed by atoms with E-state index in [4.69, 9.17) is 17.3 Å². The zero-order valence-corrected chi connectivity index (χ0v) is 21.1. The summed E-state index contributed by atoms with van der Waals surface area (Å²) < 4.78 is 27.6. The number of halogens is 1. The number of carboxylic acid groups (broad SMARTS) is 1. The van der Waals surface area contributed by atoms with Crippen molar-refractivity contribution in [2.75, 3.05) is 6.54 Å². The molecule has 10 nitrogen and oxygen atoms in total. The van der Waals surface area contributed by atoms with E-state index in [1.54, 1.807) is 48.5 Å². The van der Waals surface area contributed by atoms with Crippen molar-refractivity contribution in [2.24, 2.45) is 5.73 Å². The lowest BCUT2D eigenvalue weighted by Crippen LogP contribution is -2.54. The second-order valence-corrected chi connectivity index (χ2v) is 10.7. The minimum absolute atomic E-state index is 0.146. The molecule has 36 heavy (non-hydrogen) atoms. The largest absolute Gasteiger partial charge is 0.481 e. The lowest BCUT2D eigenvalue weighted by molar-refractivity contribution is -0.144. The molecule has 1 heterocycles. The first-order valence-electron chi connectivity index (χ1n) is 11.4. The number of nitrogens with two attached hydrogens (primary N) is 1. The molecule has 2 amide bonds. The van der Waals surface area contributed by atoms with Crippen molar-refractivity contribution in [3.63, 3.8) is 0 Å². The average Bonchev–Trinajstić information content (AvgIpc) is 3.31. The van der Waals surface area contributed by atoms with E-state index in [-0.39, 0.29) is 19.6 Å². The fourth-order valence-electron chi connectivity index (χ4n) is 4.17. The molecule has 0 spiro atoms. The summed E-state index contributed by atoms with van der Waals surface area (Å²) in [5, 5.41) is 12.6. The van der Waals surface area contributed by atoms with E-state index in [0.717, 1.165) is 11.1 Å². The van der Waals surface area contributed by atoms with Crippen molar-refractivity contribution < 1.29 is 27.9 Å². The molecule has 1 aliphatic rings. The Kier molecular flexibility index (Phi) is 9.43. The normalized spacial score (nSPS) is 16.5. The summed E-state index contributed by atoms with van der Waals surface area (Å²) in [7, 11) is -4.04. The number of rotatable bonds is 11. The van der Waals surface area contributed by atoms with E-state index in [1.807, 2.05) is 0 Å². The third kappa shape index (κ3) is 7.50. The van der Waals surface area contributed by atoms with Crippen molar-refractivity contribution in [1.29, 1.82) is 0 Å². The number of nitrogens with one attached hydrogen (secondary N) is 2. The van der Waals surface area contributed by atoms with Crippen LogP contribution in [0.15, 0.2) is 48.5 Å². The third-order valence-corrected chi connectivity index (χ3v) is 7.47. The van der Waals surface area contributed by atoms with E-state index < -0.39 is 52.1 Å². The molecule has 3 rings (SSSR count). The standard InChI is InChI=1S/C24H29ClN4O6S/c25-19-9-8-17(13-26)18(11-19)14-27-23(32)21-7-4-10-29(21)24(33)20(12-22(30)31)28-36(34,35)15-16-5-2-1-3-6-16/h1-3,5-6,8-9,11,20-21,28H,4,7,10,12-15,26H2,(H,27,32)(H,30,31)/t20-,21+/m1/s1. The van der Waals surface area contributed by atoms with Crippen LogP contribution < -0.4 is 15.8 Å². The SMILES string of the molecule is NCc1ccc(Cl)cc1CNC(=O)[C@@H]1CCCN1C(=O)[C@@H](CC(=O)O)NS(=O)(=O)Cc1ccccc1. The second kappa shape index (κ2) is 12.3. The summed E-state index contributed by atoms with van der Waals surface area (Å²) in [6.45, 7) is 0.613. The highest BCUT2D eigenvalue weighted by Gasteiger charge is 2.39. The zero-order valence-electron chi connectivity index (χ0n) is 19.5. The van der Waals surface area contributed by atoms with Gasteiger partial charge in [0.05, 0.1) is 12.2 Å². The number of carbonyl (C=O) groups is 3. The average molecular weight is 537 g/mol. The summed E-state index contributed by atoms with van der Waals surface area (Å²) in [5.74, 6) is -2.93. The summed E-state index contributed by atoms with van der Waals surface area (Å²) in [5.41, 5.74) is 7.79. The molecule has 2 aromatic rings. The van der Waals surface area contributed by atoms with Crippen LogP contribution in [0.1, 0.15) is 36.0 Å². The van der Waals surface area contributed by atoms with Crippen LogP contribution in [0.4, 0.5) is 0 Å². The van der Waals surface area contributed by atoms with E-state index in [2.05, 4.69) is 10.0 Å². The third-order valence-electron chi connectivity index (χ3n) is 5.88. The van der Waals surface area contributed by atoms with Gasteiger partial charge in [-0.15, -0.1) is 0 Å². The molecule has 5 N–H and O–H groups in total. The number of amides is 2. The summed E-state index contributed by atoms with van der Waals surface area (Å²) in [6, 6.07) is 11.1. The van der Waals surface area contributed by atoms with E-state index in [0.29, 0.717) is 23.4 Å². The Labute approximate surface area is 214 Å². The van der Waals surface area contributed by atoms with Gasteiger partial charge in [-0.25, -0.2) is 13.1 Å². The van der Waals surface area contributed by atoms with Crippen LogP contribution in [0.2, 0.25) is 5.02 Å². The number of sulfonamides is 1. The van der Waals surface area contributed by atoms with Crippen LogP contribution in [0.25, 0.3) is 0 Å². The lowest BCUT2D eigenvalue weighted by Gasteiger charge is -2.28. The maximum atomic E-state index is 13.3.